The Bertz CT molecular complexity index is 519. The summed E-state index contributed by atoms with van der Waals surface area (Å²) in [6.45, 7) is 0. The zero-order valence-electron chi connectivity index (χ0n) is 8.06. The molecule has 18 heavy (non-hydrogen) atoms. The van der Waals surface area contributed by atoms with Gasteiger partial charge < -0.3 is 20.0 Å². The first-order chi connectivity index (χ1) is 8.11. The molecule has 1 heterocycles. The van der Waals surface area contributed by atoms with Crippen LogP contribution in [0, 0.1) is 13.7 Å². The van der Waals surface area contributed by atoms with Gasteiger partial charge in [-0.05, 0) is 33.6 Å². The zero-order chi connectivity index (χ0) is 14.1. The molecule has 11 heteroatoms. The molecule has 0 saturated heterocycles. The van der Waals surface area contributed by atoms with Gasteiger partial charge in [-0.1, -0.05) is 0 Å². The van der Waals surface area contributed by atoms with Gasteiger partial charge >= 0.3 is 24.0 Å². The van der Waals surface area contributed by atoms with Gasteiger partial charge in [-0.3, -0.25) is 0 Å². The van der Waals surface area contributed by atoms with Crippen LogP contribution in [0.3, 0.4) is 0 Å². The number of hydrogen-bond acceptors (Lipinski definition) is 5. The molecule has 98 valence electrons. The molecule has 0 saturated carbocycles. The Balaban J connectivity index is 3.40. The van der Waals surface area contributed by atoms with E-state index in [2.05, 4.69) is 9.72 Å². The van der Waals surface area contributed by atoms with Crippen molar-refractivity contribution in [3.8, 4) is 5.88 Å². The molecular formula is C7H2F3IN2O5. The van der Waals surface area contributed by atoms with Crippen LogP contribution < -0.4 is 4.74 Å². The van der Waals surface area contributed by atoms with Crippen molar-refractivity contribution < 1.29 is 32.7 Å². The highest BCUT2D eigenvalue weighted by Gasteiger charge is 2.37. The second-order valence-electron chi connectivity index (χ2n) is 2.76. The maximum absolute atomic E-state index is 12.0. The first kappa shape index (κ1) is 14.4. The highest BCUT2D eigenvalue weighted by atomic mass is 127. The molecule has 1 aromatic heterocycles. The molecule has 0 unspecified atom stereocenters. The molecule has 0 bridgehead atoms. The van der Waals surface area contributed by atoms with E-state index >= 15 is 0 Å². The second-order valence-corrected chi connectivity index (χ2v) is 3.92. The Morgan fingerprint density at radius 3 is 2.50 bits per heavy atom. The number of rotatable bonds is 3. The number of carbonyl (C=O) groups is 1. The first-order valence-electron chi connectivity index (χ1n) is 3.96. The van der Waals surface area contributed by atoms with Crippen molar-refractivity contribution in [1.82, 2.24) is 4.98 Å². The van der Waals surface area contributed by atoms with E-state index in [0.29, 0.717) is 6.07 Å². The maximum Gasteiger partial charge on any atom is 0.575 e. The van der Waals surface area contributed by atoms with Crippen molar-refractivity contribution in [2.75, 3.05) is 0 Å². The Labute approximate surface area is 110 Å². The van der Waals surface area contributed by atoms with Gasteiger partial charge in [0.1, 0.15) is 3.57 Å². The Morgan fingerprint density at radius 1 is 1.56 bits per heavy atom. The minimum atomic E-state index is -5.20. The van der Waals surface area contributed by atoms with Crippen molar-refractivity contribution in [2.24, 2.45) is 0 Å². The van der Waals surface area contributed by atoms with Crippen LogP contribution in [-0.4, -0.2) is 27.3 Å². The lowest BCUT2D eigenvalue weighted by Gasteiger charge is -2.07. The summed E-state index contributed by atoms with van der Waals surface area (Å²) < 4.78 is 39.1. The molecule has 0 amide bonds. The topological polar surface area (TPSA) is 103 Å². The van der Waals surface area contributed by atoms with Crippen LogP contribution in [0.25, 0.3) is 0 Å². The zero-order valence-corrected chi connectivity index (χ0v) is 10.2. The van der Waals surface area contributed by atoms with E-state index < -0.39 is 34.5 Å². The van der Waals surface area contributed by atoms with Crippen molar-refractivity contribution in [1.29, 1.82) is 0 Å². The van der Waals surface area contributed by atoms with Crippen LogP contribution in [0.15, 0.2) is 6.07 Å². The number of pyridine rings is 1. The van der Waals surface area contributed by atoms with Gasteiger partial charge in [0.25, 0.3) is 0 Å². The molecule has 1 N–H and O–H groups in total. The summed E-state index contributed by atoms with van der Waals surface area (Å²) in [4.78, 5) is 23.1. The largest absolute Gasteiger partial charge is 0.575 e. The predicted molar refractivity (Wildman–Crippen MR) is 57.3 cm³/mol. The molecule has 0 aliphatic rings. The summed E-state index contributed by atoms with van der Waals surface area (Å²) in [5, 5.41) is 19.1. The average Bonchev–Trinajstić information content (AvgIpc) is 2.17. The molecule has 0 aliphatic heterocycles. The van der Waals surface area contributed by atoms with Crippen LogP contribution >= 0.6 is 22.6 Å². The molecule has 0 fully saturated rings. The first-order valence-corrected chi connectivity index (χ1v) is 5.03. The summed E-state index contributed by atoms with van der Waals surface area (Å²) in [7, 11) is 0. The molecule has 1 aromatic rings. The minimum Gasteiger partial charge on any atom is -0.477 e. The van der Waals surface area contributed by atoms with E-state index in [9.17, 15) is 28.1 Å². The molecule has 0 atom stereocenters. The number of halogens is 4. The third-order valence-corrected chi connectivity index (χ3v) is 2.33. The maximum atomic E-state index is 12.0. The number of ether oxygens (including phenoxy) is 1. The molecular weight excluding hydrogens is 376 g/mol. The Hall–Kier alpha value is -1.66. The van der Waals surface area contributed by atoms with Gasteiger partial charge in [0, 0.05) is 4.98 Å². The van der Waals surface area contributed by atoms with Gasteiger partial charge in [-0.15, -0.1) is 13.2 Å². The number of aromatic carboxylic acids is 1. The molecule has 0 spiro atoms. The van der Waals surface area contributed by atoms with Crippen molar-refractivity contribution in [3.63, 3.8) is 0 Å². The van der Waals surface area contributed by atoms with Gasteiger partial charge in [-0.2, -0.15) is 0 Å². The van der Waals surface area contributed by atoms with Gasteiger partial charge in [0.2, 0.25) is 0 Å². The summed E-state index contributed by atoms with van der Waals surface area (Å²) in [6.07, 6.45) is -5.20. The Morgan fingerprint density at radius 2 is 2.11 bits per heavy atom. The third-order valence-electron chi connectivity index (χ3n) is 1.54. The van der Waals surface area contributed by atoms with Gasteiger partial charge in [0.05, 0.1) is 0 Å². The highest BCUT2D eigenvalue weighted by molar-refractivity contribution is 14.1. The van der Waals surface area contributed by atoms with E-state index in [1.54, 1.807) is 0 Å². The number of nitrogens with zero attached hydrogens (tertiary/aromatic N) is 2. The fourth-order valence-corrected chi connectivity index (χ4v) is 1.56. The van der Waals surface area contributed by atoms with Crippen LogP contribution in [0.1, 0.15) is 10.4 Å². The SMILES string of the molecule is O=C(O)c1cc(I)c([N+](=O)[O-])nc1OC(F)(F)F. The fraction of sp³-hybridized carbons (Fsp3) is 0.143. The van der Waals surface area contributed by atoms with Crippen molar-refractivity contribution in [3.05, 3.63) is 25.3 Å². The van der Waals surface area contributed by atoms with E-state index in [-0.39, 0.29) is 3.57 Å². The highest BCUT2D eigenvalue weighted by Crippen LogP contribution is 2.30. The minimum absolute atomic E-state index is 0.218. The number of alkyl halides is 3. The second kappa shape index (κ2) is 4.91. The average molecular weight is 378 g/mol. The smallest absolute Gasteiger partial charge is 0.477 e. The van der Waals surface area contributed by atoms with Gasteiger partial charge in [-0.25, -0.2) is 4.79 Å². The van der Waals surface area contributed by atoms with Crippen molar-refractivity contribution >= 4 is 34.4 Å². The van der Waals surface area contributed by atoms with Gasteiger partial charge in [0.15, 0.2) is 5.56 Å². The molecule has 1 rings (SSSR count). The number of nitro groups is 1. The summed E-state index contributed by atoms with van der Waals surface area (Å²) in [5.41, 5.74) is -0.915. The van der Waals surface area contributed by atoms with E-state index in [0.717, 1.165) is 0 Å². The van der Waals surface area contributed by atoms with E-state index in [1.807, 2.05) is 0 Å². The lowest BCUT2D eigenvalue weighted by Crippen LogP contribution is -2.20. The van der Waals surface area contributed by atoms with Crippen LogP contribution in [0.2, 0.25) is 0 Å². The number of carboxylic acid groups (broad SMARTS) is 1. The lowest BCUT2D eigenvalue weighted by molar-refractivity contribution is -0.391. The normalized spacial score (nSPS) is 11.1. The third kappa shape index (κ3) is 3.41. The van der Waals surface area contributed by atoms with Crippen LogP contribution in [0.4, 0.5) is 19.0 Å². The molecule has 7 nitrogen and oxygen atoms in total. The predicted octanol–water partition coefficient (Wildman–Crippen LogP) is 2.19. The quantitative estimate of drug-likeness (QED) is 0.492. The summed E-state index contributed by atoms with van der Waals surface area (Å²) >= 11 is 1.38. The summed E-state index contributed by atoms with van der Waals surface area (Å²) in [6, 6.07) is 0.676. The molecule has 0 radical (unpaired) electrons. The standard InChI is InChI=1S/C7H2F3IN2O5/c8-7(9,10)18-5-2(6(14)15)1-3(11)4(12-5)13(16)17/h1H,(H,14,15). The number of carboxylic acids is 1. The molecule has 0 aliphatic carbocycles. The van der Waals surface area contributed by atoms with E-state index in [1.165, 1.54) is 22.6 Å². The summed E-state index contributed by atoms with van der Waals surface area (Å²) in [5.74, 6) is -4.03. The Kier molecular flexibility index (Phi) is 3.93. The van der Waals surface area contributed by atoms with Crippen LogP contribution in [-0.2, 0) is 0 Å². The fourth-order valence-electron chi connectivity index (χ4n) is 0.931. The monoisotopic (exact) mass is 378 g/mol. The number of aromatic nitrogens is 1. The lowest BCUT2D eigenvalue weighted by atomic mass is 10.2. The van der Waals surface area contributed by atoms with E-state index in [4.69, 9.17) is 5.11 Å². The van der Waals surface area contributed by atoms with Crippen molar-refractivity contribution in [2.45, 2.75) is 6.36 Å². The number of hydrogen-bond donors (Lipinski definition) is 1. The molecule has 0 aromatic carbocycles. The van der Waals surface area contributed by atoms with Crippen LogP contribution in [0.5, 0.6) is 5.88 Å².